The number of fused-ring (bicyclic) bond motifs is 1. The van der Waals surface area contributed by atoms with Crippen LogP contribution in [-0.2, 0) is 12.8 Å². The maximum absolute atomic E-state index is 13.8. The number of benzene rings is 1. The van der Waals surface area contributed by atoms with Gasteiger partial charge in [-0.2, -0.15) is 10.2 Å². The fourth-order valence-corrected chi connectivity index (χ4v) is 3.05. The smallest absolute Gasteiger partial charge is 0.319 e. The van der Waals surface area contributed by atoms with E-state index in [9.17, 15) is 9.18 Å². The van der Waals surface area contributed by atoms with Gasteiger partial charge in [0.15, 0.2) is 0 Å². The van der Waals surface area contributed by atoms with Crippen LogP contribution in [0.2, 0.25) is 0 Å². The van der Waals surface area contributed by atoms with E-state index in [1.807, 2.05) is 0 Å². The van der Waals surface area contributed by atoms with Crippen molar-refractivity contribution in [3.8, 4) is 5.69 Å². The Kier molecular flexibility index (Phi) is 3.93. The number of halogens is 1. The van der Waals surface area contributed by atoms with Crippen LogP contribution in [0.1, 0.15) is 17.7 Å². The van der Waals surface area contributed by atoms with Crippen LogP contribution < -0.4 is 10.6 Å². The average molecular weight is 340 g/mol. The third kappa shape index (κ3) is 3.23. The number of aromatic nitrogens is 4. The van der Waals surface area contributed by atoms with Gasteiger partial charge < -0.3 is 10.6 Å². The van der Waals surface area contributed by atoms with Crippen molar-refractivity contribution in [3.63, 3.8) is 0 Å². The second-order valence-corrected chi connectivity index (χ2v) is 6.04. The molecule has 2 amide bonds. The average Bonchev–Trinajstić information content (AvgIpc) is 3.24. The highest BCUT2D eigenvalue weighted by atomic mass is 19.1. The fourth-order valence-electron chi connectivity index (χ4n) is 3.05. The highest BCUT2D eigenvalue weighted by Gasteiger charge is 2.21. The molecule has 1 atom stereocenters. The van der Waals surface area contributed by atoms with Crippen molar-refractivity contribution in [3.05, 3.63) is 59.9 Å². The van der Waals surface area contributed by atoms with Crippen molar-refractivity contribution >= 4 is 11.7 Å². The lowest BCUT2D eigenvalue weighted by atomic mass is 9.94. The summed E-state index contributed by atoms with van der Waals surface area (Å²) in [5, 5.41) is 16.8. The van der Waals surface area contributed by atoms with Gasteiger partial charge in [0, 0.05) is 11.7 Å². The Morgan fingerprint density at radius 3 is 3.08 bits per heavy atom. The predicted molar refractivity (Wildman–Crippen MR) is 90.1 cm³/mol. The molecule has 8 heteroatoms. The van der Waals surface area contributed by atoms with Crippen molar-refractivity contribution in [2.24, 2.45) is 0 Å². The Hall–Kier alpha value is -3.16. The quantitative estimate of drug-likeness (QED) is 0.684. The lowest BCUT2D eigenvalue weighted by molar-refractivity contribution is 0.247. The third-order valence-corrected chi connectivity index (χ3v) is 4.29. The molecule has 3 N–H and O–H groups in total. The summed E-state index contributed by atoms with van der Waals surface area (Å²) in [4.78, 5) is 12.2. The second kappa shape index (κ2) is 6.39. The molecule has 0 saturated heterocycles. The van der Waals surface area contributed by atoms with E-state index >= 15 is 0 Å². The normalized spacial score (nSPS) is 16.3. The van der Waals surface area contributed by atoms with Crippen molar-refractivity contribution in [2.75, 3.05) is 5.32 Å². The summed E-state index contributed by atoms with van der Waals surface area (Å²) < 4.78 is 15.2. The Bertz CT molecular complexity index is 902. The molecule has 0 spiro atoms. The van der Waals surface area contributed by atoms with Crippen LogP contribution in [-0.4, -0.2) is 32.1 Å². The fraction of sp³-hybridized carbons (Fsp3) is 0.235. The van der Waals surface area contributed by atoms with Gasteiger partial charge in [-0.3, -0.25) is 5.10 Å². The van der Waals surface area contributed by atoms with Crippen molar-refractivity contribution in [1.29, 1.82) is 0 Å². The van der Waals surface area contributed by atoms with E-state index in [4.69, 9.17) is 0 Å². The topological polar surface area (TPSA) is 87.6 Å². The number of nitrogens with one attached hydrogen (secondary N) is 3. The largest absolute Gasteiger partial charge is 0.335 e. The molecule has 0 aliphatic heterocycles. The van der Waals surface area contributed by atoms with Gasteiger partial charge in [0.2, 0.25) is 0 Å². The number of carbonyl (C=O) groups is 1. The number of para-hydroxylation sites is 1. The Labute approximate surface area is 143 Å². The highest BCUT2D eigenvalue weighted by Crippen LogP contribution is 2.19. The summed E-state index contributed by atoms with van der Waals surface area (Å²) in [6.07, 6.45) is 7.35. The minimum Gasteiger partial charge on any atom is -0.335 e. The number of aryl methyl sites for hydroxylation is 1. The molecule has 3 aromatic rings. The lowest BCUT2D eigenvalue weighted by Gasteiger charge is -2.22. The minimum absolute atomic E-state index is 0.0618. The van der Waals surface area contributed by atoms with Gasteiger partial charge in [-0.25, -0.2) is 13.9 Å². The number of aromatic amines is 1. The summed E-state index contributed by atoms with van der Waals surface area (Å²) in [5.74, 6) is -0.375. The number of amides is 2. The lowest BCUT2D eigenvalue weighted by Crippen LogP contribution is -2.41. The molecule has 128 valence electrons. The molecule has 1 aromatic carbocycles. The number of hydrogen-bond donors (Lipinski definition) is 3. The van der Waals surface area contributed by atoms with Crippen LogP contribution in [0.25, 0.3) is 5.69 Å². The number of nitrogens with zero attached hydrogens (tertiary/aromatic N) is 3. The molecular formula is C17H17FN6O. The van der Waals surface area contributed by atoms with Crippen LogP contribution in [0.15, 0.2) is 42.9 Å². The molecule has 2 heterocycles. The maximum Gasteiger partial charge on any atom is 0.319 e. The first-order chi connectivity index (χ1) is 12.2. The van der Waals surface area contributed by atoms with Crippen LogP contribution in [0, 0.1) is 5.82 Å². The zero-order valence-electron chi connectivity index (χ0n) is 13.4. The van der Waals surface area contributed by atoms with Crippen molar-refractivity contribution < 1.29 is 9.18 Å². The van der Waals surface area contributed by atoms with Gasteiger partial charge in [0.05, 0.1) is 24.3 Å². The predicted octanol–water partition coefficient (Wildman–Crippen LogP) is 2.41. The van der Waals surface area contributed by atoms with E-state index in [0.717, 1.165) is 30.5 Å². The maximum atomic E-state index is 13.8. The molecule has 0 fully saturated rings. The van der Waals surface area contributed by atoms with E-state index in [2.05, 4.69) is 25.9 Å². The van der Waals surface area contributed by atoms with Gasteiger partial charge in [-0.05, 0) is 37.0 Å². The van der Waals surface area contributed by atoms with E-state index < -0.39 is 0 Å². The minimum atomic E-state index is -0.375. The van der Waals surface area contributed by atoms with Crippen molar-refractivity contribution in [2.45, 2.75) is 25.3 Å². The summed E-state index contributed by atoms with van der Waals surface area (Å²) in [5.41, 5.74) is 3.12. The summed E-state index contributed by atoms with van der Waals surface area (Å²) in [6, 6.07) is 6.09. The van der Waals surface area contributed by atoms with Crippen LogP contribution in [0.3, 0.4) is 0 Å². The second-order valence-electron chi connectivity index (χ2n) is 6.04. The highest BCUT2D eigenvalue weighted by molar-refractivity contribution is 5.89. The standard InChI is InChI=1S/C17H17FN6O/c18-14-3-1-2-4-16(14)24-10-13(9-20-24)22-17(25)21-12-5-6-15-11(7-12)8-19-23-15/h1-4,8-10,12H,5-7H2,(H,19,23)(H2,21,22,25). The number of H-pyrrole nitrogens is 1. The van der Waals surface area contributed by atoms with Gasteiger partial charge in [0.25, 0.3) is 0 Å². The molecule has 2 aromatic heterocycles. The molecule has 25 heavy (non-hydrogen) atoms. The van der Waals surface area contributed by atoms with Gasteiger partial charge >= 0.3 is 6.03 Å². The third-order valence-electron chi connectivity index (χ3n) is 4.29. The van der Waals surface area contributed by atoms with Crippen LogP contribution in [0.4, 0.5) is 14.9 Å². The summed E-state index contributed by atoms with van der Waals surface area (Å²) in [6.45, 7) is 0. The monoisotopic (exact) mass is 340 g/mol. The number of anilines is 1. The zero-order valence-corrected chi connectivity index (χ0v) is 13.4. The van der Waals surface area contributed by atoms with Gasteiger partial charge in [-0.15, -0.1) is 0 Å². The zero-order chi connectivity index (χ0) is 17.2. The molecule has 1 aliphatic rings. The SMILES string of the molecule is O=C(Nc1cnn(-c2ccccc2F)c1)NC1CCc2[nH]ncc2C1. The van der Waals surface area contributed by atoms with E-state index in [1.165, 1.54) is 16.9 Å². The van der Waals surface area contributed by atoms with E-state index in [-0.39, 0.29) is 17.9 Å². The Balaban J connectivity index is 1.38. The first kappa shape index (κ1) is 15.4. The molecular weight excluding hydrogens is 323 g/mol. The molecule has 7 nitrogen and oxygen atoms in total. The number of carbonyl (C=O) groups excluding carboxylic acids is 1. The van der Waals surface area contributed by atoms with Crippen LogP contribution >= 0.6 is 0 Å². The molecule has 0 saturated carbocycles. The molecule has 1 unspecified atom stereocenters. The van der Waals surface area contributed by atoms with Gasteiger partial charge in [0.1, 0.15) is 11.5 Å². The molecule has 4 rings (SSSR count). The van der Waals surface area contributed by atoms with E-state index in [0.29, 0.717) is 11.4 Å². The number of hydrogen-bond acceptors (Lipinski definition) is 3. The Morgan fingerprint density at radius 2 is 2.20 bits per heavy atom. The van der Waals surface area contributed by atoms with Gasteiger partial charge in [-0.1, -0.05) is 12.1 Å². The summed E-state index contributed by atoms with van der Waals surface area (Å²) in [7, 11) is 0. The van der Waals surface area contributed by atoms with Crippen molar-refractivity contribution in [1.82, 2.24) is 25.3 Å². The molecule has 0 bridgehead atoms. The number of urea groups is 1. The first-order valence-electron chi connectivity index (χ1n) is 8.07. The summed E-state index contributed by atoms with van der Waals surface area (Å²) >= 11 is 0. The molecule has 1 aliphatic carbocycles. The Morgan fingerprint density at radius 1 is 1.32 bits per heavy atom. The van der Waals surface area contributed by atoms with E-state index in [1.54, 1.807) is 30.6 Å². The molecule has 0 radical (unpaired) electrons. The van der Waals surface area contributed by atoms with Crippen LogP contribution in [0.5, 0.6) is 0 Å². The first-order valence-corrected chi connectivity index (χ1v) is 8.07. The number of rotatable bonds is 3.